The topological polar surface area (TPSA) is 55.4 Å². The van der Waals surface area contributed by atoms with Crippen LogP contribution in [0.2, 0.25) is 0 Å². The summed E-state index contributed by atoms with van der Waals surface area (Å²) in [5.74, 6) is 0.991. The fraction of sp³-hybridized carbons (Fsp3) is 0.455. The molecule has 2 fully saturated rings. The van der Waals surface area contributed by atoms with Crippen molar-refractivity contribution in [1.82, 2.24) is 0 Å². The molecule has 2 aliphatic rings. The maximum atomic E-state index is 12.9. The molecular formula is C22H25NO3S. The van der Waals surface area contributed by atoms with Gasteiger partial charge in [-0.3, -0.25) is 4.79 Å². The Hall–Kier alpha value is -2.14. The Kier molecular flexibility index (Phi) is 5.04. The van der Waals surface area contributed by atoms with Gasteiger partial charge in [0.05, 0.1) is 6.61 Å². The third-order valence-electron chi connectivity index (χ3n) is 5.94. The number of carbonyl (C=O) groups is 2. The van der Waals surface area contributed by atoms with Crippen molar-refractivity contribution in [1.29, 1.82) is 0 Å². The first-order chi connectivity index (χ1) is 13.1. The van der Waals surface area contributed by atoms with Crippen molar-refractivity contribution >= 4 is 28.2 Å². The lowest BCUT2D eigenvalue weighted by molar-refractivity contribution is -0.121. The summed E-state index contributed by atoms with van der Waals surface area (Å²) in [5.41, 5.74) is 3.42. The van der Waals surface area contributed by atoms with Crippen molar-refractivity contribution in [3.63, 3.8) is 0 Å². The molecule has 4 nitrogen and oxygen atoms in total. The van der Waals surface area contributed by atoms with E-state index in [1.54, 1.807) is 6.92 Å². The molecule has 2 aliphatic carbocycles. The third kappa shape index (κ3) is 3.53. The van der Waals surface area contributed by atoms with E-state index in [1.807, 2.05) is 36.6 Å². The van der Waals surface area contributed by atoms with Gasteiger partial charge in [0.15, 0.2) is 0 Å². The molecule has 1 aromatic carbocycles. The number of thiophene rings is 1. The van der Waals surface area contributed by atoms with Gasteiger partial charge >= 0.3 is 5.97 Å². The van der Waals surface area contributed by atoms with Crippen LogP contribution in [0.25, 0.3) is 11.1 Å². The van der Waals surface area contributed by atoms with Gasteiger partial charge in [0.1, 0.15) is 10.6 Å². The Morgan fingerprint density at radius 1 is 1.19 bits per heavy atom. The predicted molar refractivity (Wildman–Crippen MR) is 108 cm³/mol. The quantitative estimate of drug-likeness (QED) is 0.715. The molecule has 0 saturated heterocycles. The van der Waals surface area contributed by atoms with Crippen LogP contribution in [-0.4, -0.2) is 18.5 Å². The highest BCUT2D eigenvalue weighted by Crippen LogP contribution is 2.49. The second kappa shape index (κ2) is 7.47. The van der Waals surface area contributed by atoms with Crippen LogP contribution in [-0.2, 0) is 9.53 Å². The number of nitrogens with one attached hydrogen (secondary N) is 1. The number of hydrogen-bond acceptors (Lipinski definition) is 4. The molecule has 142 valence electrons. The van der Waals surface area contributed by atoms with Crippen LogP contribution in [0.3, 0.4) is 0 Å². The Labute approximate surface area is 163 Å². The van der Waals surface area contributed by atoms with Crippen molar-refractivity contribution in [3.8, 4) is 11.1 Å². The molecule has 2 bridgehead atoms. The zero-order valence-corrected chi connectivity index (χ0v) is 16.6. The molecule has 1 heterocycles. The summed E-state index contributed by atoms with van der Waals surface area (Å²) in [6, 6.07) is 8.05. The number of anilines is 1. The smallest absolute Gasteiger partial charge is 0.341 e. The number of rotatable bonds is 5. The zero-order valence-electron chi connectivity index (χ0n) is 15.8. The molecule has 2 aromatic rings. The van der Waals surface area contributed by atoms with Gasteiger partial charge in [0, 0.05) is 16.9 Å². The molecule has 1 aromatic heterocycles. The normalized spacial score (nSPS) is 23.4. The maximum absolute atomic E-state index is 12.9. The SMILES string of the molecule is CCOC(=O)c1c(-c2ccc(C)cc2)csc1NC(=O)C1CC2CCC1C2. The van der Waals surface area contributed by atoms with E-state index >= 15 is 0 Å². The lowest BCUT2D eigenvalue weighted by Gasteiger charge is -2.20. The van der Waals surface area contributed by atoms with Crippen molar-refractivity contribution in [3.05, 3.63) is 40.8 Å². The number of benzene rings is 1. The molecule has 0 aliphatic heterocycles. The van der Waals surface area contributed by atoms with E-state index in [0.29, 0.717) is 29.0 Å². The summed E-state index contributed by atoms with van der Waals surface area (Å²) in [6.07, 6.45) is 4.59. The second-order valence-corrected chi connectivity index (χ2v) is 8.59. The summed E-state index contributed by atoms with van der Waals surface area (Å²) in [7, 11) is 0. The molecule has 1 N–H and O–H groups in total. The van der Waals surface area contributed by atoms with Crippen LogP contribution >= 0.6 is 11.3 Å². The van der Waals surface area contributed by atoms with E-state index in [0.717, 1.165) is 29.5 Å². The number of amides is 1. The molecule has 5 heteroatoms. The van der Waals surface area contributed by atoms with Gasteiger partial charge in [-0.05, 0) is 50.5 Å². The number of ether oxygens (including phenoxy) is 1. The predicted octanol–water partition coefficient (Wildman–Crippen LogP) is 5.27. The van der Waals surface area contributed by atoms with Crippen molar-refractivity contribution in [2.24, 2.45) is 17.8 Å². The number of carbonyl (C=O) groups excluding carboxylic acids is 2. The van der Waals surface area contributed by atoms with E-state index in [4.69, 9.17) is 4.74 Å². The van der Waals surface area contributed by atoms with E-state index in [9.17, 15) is 9.59 Å². The van der Waals surface area contributed by atoms with Gasteiger partial charge in [-0.25, -0.2) is 4.79 Å². The molecule has 3 unspecified atom stereocenters. The summed E-state index contributed by atoms with van der Waals surface area (Å²) in [6.45, 7) is 4.13. The highest BCUT2D eigenvalue weighted by atomic mass is 32.1. The Bertz CT molecular complexity index is 855. The Morgan fingerprint density at radius 2 is 1.96 bits per heavy atom. The fourth-order valence-electron chi connectivity index (χ4n) is 4.57. The minimum Gasteiger partial charge on any atom is -0.462 e. The Morgan fingerprint density at radius 3 is 2.59 bits per heavy atom. The average Bonchev–Trinajstić information content (AvgIpc) is 3.38. The number of aryl methyl sites for hydroxylation is 1. The average molecular weight is 384 g/mol. The third-order valence-corrected chi connectivity index (χ3v) is 6.84. The molecule has 0 spiro atoms. The first-order valence-electron chi connectivity index (χ1n) is 9.73. The van der Waals surface area contributed by atoms with Crippen LogP contribution in [0.5, 0.6) is 0 Å². The van der Waals surface area contributed by atoms with Crippen molar-refractivity contribution < 1.29 is 14.3 Å². The van der Waals surface area contributed by atoms with E-state index in [2.05, 4.69) is 5.32 Å². The standard InChI is InChI=1S/C22H25NO3S/c1-3-26-22(25)19-18(15-7-4-13(2)5-8-15)12-27-21(19)23-20(24)17-11-14-6-9-16(17)10-14/h4-5,7-8,12,14,16-17H,3,6,9-11H2,1-2H3,(H,23,24). The van der Waals surface area contributed by atoms with E-state index in [-0.39, 0.29) is 17.8 Å². The summed E-state index contributed by atoms with van der Waals surface area (Å²) >= 11 is 1.40. The lowest BCUT2D eigenvalue weighted by Crippen LogP contribution is -2.27. The largest absolute Gasteiger partial charge is 0.462 e. The first kappa shape index (κ1) is 18.2. The zero-order chi connectivity index (χ0) is 19.0. The van der Waals surface area contributed by atoms with E-state index in [1.165, 1.54) is 24.2 Å². The number of hydrogen-bond donors (Lipinski definition) is 1. The van der Waals surface area contributed by atoms with Crippen LogP contribution in [0.4, 0.5) is 5.00 Å². The van der Waals surface area contributed by atoms with Gasteiger partial charge in [-0.2, -0.15) is 0 Å². The summed E-state index contributed by atoms with van der Waals surface area (Å²) in [5, 5.41) is 5.60. The maximum Gasteiger partial charge on any atom is 0.341 e. The first-order valence-corrected chi connectivity index (χ1v) is 10.6. The van der Waals surface area contributed by atoms with Gasteiger partial charge in [0.2, 0.25) is 5.91 Å². The minimum absolute atomic E-state index is 0.0602. The Balaban J connectivity index is 1.62. The van der Waals surface area contributed by atoms with Gasteiger partial charge in [0.25, 0.3) is 0 Å². The molecule has 0 radical (unpaired) electrons. The minimum atomic E-state index is -0.377. The van der Waals surface area contributed by atoms with Crippen molar-refractivity contribution in [2.75, 3.05) is 11.9 Å². The summed E-state index contributed by atoms with van der Waals surface area (Å²) < 4.78 is 5.29. The van der Waals surface area contributed by atoms with Gasteiger partial charge in [-0.1, -0.05) is 36.2 Å². The van der Waals surface area contributed by atoms with Gasteiger partial charge < -0.3 is 10.1 Å². The van der Waals surface area contributed by atoms with E-state index < -0.39 is 0 Å². The number of fused-ring (bicyclic) bond motifs is 2. The van der Waals surface area contributed by atoms with Gasteiger partial charge in [-0.15, -0.1) is 11.3 Å². The van der Waals surface area contributed by atoms with Crippen LogP contribution in [0.15, 0.2) is 29.6 Å². The fourth-order valence-corrected chi connectivity index (χ4v) is 5.53. The van der Waals surface area contributed by atoms with Crippen LogP contribution < -0.4 is 5.32 Å². The second-order valence-electron chi connectivity index (χ2n) is 7.71. The molecule has 3 atom stereocenters. The highest BCUT2D eigenvalue weighted by Gasteiger charge is 2.43. The van der Waals surface area contributed by atoms with Crippen molar-refractivity contribution in [2.45, 2.75) is 39.5 Å². The summed E-state index contributed by atoms with van der Waals surface area (Å²) in [4.78, 5) is 25.5. The molecule has 1 amide bonds. The monoisotopic (exact) mass is 383 g/mol. The molecule has 4 rings (SSSR count). The molecule has 27 heavy (non-hydrogen) atoms. The highest BCUT2D eigenvalue weighted by molar-refractivity contribution is 7.15. The van der Waals surface area contributed by atoms with Crippen LogP contribution in [0.1, 0.15) is 48.5 Å². The van der Waals surface area contributed by atoms with Crippen LogP contribution in [0, 0.1) is 24.7 Å². The molecule has 2 saturated carbocycles. The lowest BCUT2D eigenvalue weighted by atomic mass is 9.88. The number of esters is 1. The molecular weight excluding hydrogens is 358 g/mol.